The molecule has 1 unspecified atom stereocenters. The molecule has 1 aliphatic heterocycles. The first-order chi connectivity index (χ1) is 9.59. The van der Waals surface area contributed by atoms with Gasteiger partial charge in [0, 0.05) is 5.69 Å². The molecule has 1 aliphatic carbocycles. The van der Waals surface area contributed by atoms with E-state index in [1.807, 2.05) is 18.2 Å². The molecule has 1 heterocycles. The van der Waals surface area contributed by atoms with E-state index in [1.165, 1.54) is 9.31 Å². The number of anilines is 1. The van der Waals surface area contributed by atoms with Crippen molar-refractivity contribution in [1.82, 2.24) is 9.65 Å². The van der Waals surface area contributed by atoms with Crippen molar-refractivity contribution in [3.05, 3.63) is 30.3 Å². The van der Waals surface area contributed by atoms with Gasteiger partial charge in [0.1, 0.15) is 6.17 Å². The highest BCUT2D eigenvalue weighted by atomic mass is 35.5. The fourth-order valence-electron chi connectivity index (χ4n) is 2.31. The van der Waals surface area contributed by atoms with Crippen LogP contribution in [0.25, 0.3) is 0 Å². The van der Waals surface area contributed by atoms with Gasteiger partial charge in [-0.3, -0.25) is 4.90 Å². The van der Waals surface area contributed by atoms with Gasteiger partial charge in [-0.05, 0) is 42.8 Å². The van der Waals surface area contributed by atoms with Gasteiger partial charge in [-0.1, -0.05) is 51.1 Å². The highest BCUT2D eigenvalue weighted by Gasteiger charge is 2.53. The van der Waals surface area contributed by atoms with E-state index in [0.29, 0.717) is 5.69 Å². The molecule has 2 aliphatic rings. The van der Waals surface area contributed by atoms with Crippen LogP contribution in [0.3, 0.4) is 0 Å². The minimum absolute atomic E-state index is 0.0956. The van der Waals surface area contributed by atoms with Gasteiger partial charge in [0.25, 0.3) is 0 Å². The van der Waals surface area contributed by atoms with Crippen LogP contribution in [0.1, 0.15) is 12.8 Å². The molecule has 3 rings (SSSR count). The van der Waals surface area contributed by atoms with E-state index in [9.17, 15) is 9.28 Å². The number of benzene rings is 1. The Morgan fingerprint density at radius 1 is 1.25 bits per heavy atom. The summed E-state index contributed by atoms with van der Waals surface area (Å²) in [4.78, 5) is 13.6. The van der Waals surface area contributed by atoms with Crippen LogP contribution in [0.4, 0.5) is 15.0 Å². The molecule has 1 atom stereocenters. The Bertz CT molecular complexity index is 503. The Hall–Kier alpha value is -0.690. The van der Waals surface area contributed by atoms with Crippen LogP contribution in [0.5, 0.6) is 0 Å². The second-order valence-electron chi connectivity index (χ2n) is 4.67. The number of urea groups is 1. The lowest BCUT2D eigenvalue weighted by molar-refractivity contribution is -0.0485. The molecule has 0 bridgehead atoms. The lowest BCUT2D eigenvalue weighted by Crippen LogP contribution is -2.39. The number of amides is 2. The average molecular weight is 336 g/mol. The molecule has 0 aromatic heterocycles. The quantitative estimate of drug-likeness (QED) is 0.469. The Balaban J connectivity index is 1.94. The molecule has 4 nitrogen and oxygen atoms in total. The average Bonchev–Trinajstić information content (AvgIpc) is 3.23. The van der Waals surface area contributed by atoms with E-state index in [2.05, 4.69) is 0 Å². The van der Waals surface area contributed by atoms with Gasteiger partial charge in [-0.25, -0.2) is 4.79 Å². The summed E-state index contributed by atoms with van der Waals surface area (Å²) in [5.74, 6) is 0.236. The van der Waals surface area contributed by atoms with Crippen molar-refractivity contribution in [2.24, 2.45) is 5.92 Å². The lowest BCUT2D eigenvalue weighted by atomic mass is 10.2. The summed E-state index contributed by atoms with van der Waals surface area (Å²) in [7, 11) is 0. The van der Waals surface area contributed by atoms with E-state index in [-0.39, 0.29) is 17.3 Å². The second-order valence-corrected chi connectivity index (χ2v) is 7.34. The number of hydrazine groups is 1. The zero-order valence-corrected chi connectivity index (χ0v) is 12.7. The van der Waals surface area contributed by atoms with Crippen LogP contribution < -0.4 is 4.90 Å². The fourth-order valence-corrected chi connectivity index (χ4v) is 3.51. The summed E-state index contributed by atoms with van der Waals surface area (Å²) in [6.07, 6.45) is 1.53. The first-order valence-corrected chi connectivity index (χ1v) is 7.89. The predicted octanol–water partition coefficient (Wildman–Crippen LogP) is 4.18. The van der Waals surface area contributed by atoms with E-state index in [1.54, 1.807) is 12.1 Å². The minimum Gasteiger partial charge on any atom is -0.272 e. The maximum absolute atomic E-state index is 14.1. The minimum atomic E-state index is -0.835. The molecule has 1 aromatic rings. The van der Waals surface area contributed by atoms with Gasteiger partial charge in [0.15, 0.2) is 4.17 Å². The standard InChI is InChI=1S/C12H12Cl2FN3OS/c13-11(14)20-18-10(8-6-7-8)16(12(19)17(18)15)9-4-2-1-3-5-9/h1-5,8,10-11H,6-7H2. The van der Waals surface area contributed by atoms with Gasteiger partial charge in [-0.15, -0.1) is 4.41 Å². The molecule has 0 N–H and O–H groups in total. The maximum Gasteiger partial charge on any atom is 0.370 e. The third kappa shape index (κ3) is 2.57. The van der Waals surface area contributed by atoms with Gasteiger partial charge >= 0.3 is 6.03 Å². The number of rotatable bonds is 4. The van der Waals surface area contributed by atoms with Crippen LogP contribution in [0, 0.1) is 5.92 Å². The third-order valence-corrected chi connectivity index (χ3v) is 4.51. The van der Waals surface area contributed by atoms with Crippen molar-refractivity contribution >= 4 is 46.9 Å². The summed E-state index contributed by atoms with van der Waals surface area (Å²) >= 11 is 12.3. The fraction of sp³-hybridized carbons (Fsp3) is 0.417. The Morgan fingerprint density at radius 2 is 1.90 bits per heavy atom. The Labute approximate surface area is 130 Å². The molecule has 20 heavy (non-hydrogen) atoms. The Morgan fingerprint density at radius 3 is 2.45 bits per heavy atom. The summed E-state index contributed by atoms with van der Waals surface area (Å²) < 4.78 is 14.5. The molecule has 0 radical (unpaired) electrons. The number of halogens is 3. The number of hydrogen-bond acceptors (Lipinski definition) is 3. The van der Waals surface area contributed by atoms with Gasteiger partial charge in [0.05, 0.1) is 0 Å². The number of nitrogens with zero attached hydrogens (tertiary/aromatic N) is 3. The van der Waals surface area contributed by atoms with Crippen LogP contribution >= 0.6 is 35.1 Å². The Kier molecular flexibility index (Phi) is 3.99. The normalized spacial score (nSPS) is 24.0. The largest absolute Gasteiger partial charge is 0.370 e. The van der Waals surface area contributed by atoms with Gasteiger partial charge in [0.2, 0.25) is 0 Å². The van der Waals surface area contributed by atoms with E-state index in [0.717, 1.165) is 24.8 Å². The van der Waals surface area contributed by atoms with E-state index < -0.39 is 10.2 Å². The maximum atomic E-state index is 14.1. The third-order valence-electron chi connectivity index (χ3n) is 3.29. The van der Waals surface area contributed by atoms with Crippen molar-refractivity contribution in [2.75, 3.05) is 4.90 Å². The monoisotopic (exact) mass is 335 g/mol. The molecule has 1 saturated carbocycles. The van der Waals surface area contributed by atoms with Gasteiger partial charge in [-0.2, -0.15) is 0 Å². The molecule has 0 spiro atoms. The number of hydrogen-bond donors (Lipinski definition) is 0. The first-order valence-electron chi connectivity index (χ1n) is 6.18. The summed E-state index contributed by atoms with van der Waals surface area (Å²) in [6, 6.07) is 8.34. The smallest absolute Gasteiger partial charge is 0.272 e. The summed E-state index contributed by atoms with van der Waals surface area (Å²) in [5.41, 5.74) is 0.667. The lowest BCUT2D eigenvalue weighted by Gasteiger charge is -2.27. The molecular weight excluding hydrogens is 324 g/mol. The molecule has 8 heteroatoms. The molecular formula is C12H12Cl2FN3OS. The molecule has 108 valence electrons. The highest BCUT2D eigenvalue weighted by Crippen LogP contribution is 2.46. The molecule has 2 fully saturated rings. The van der Waals surface area contributed by atoms with Crippen LogP contribution in [0.15, 0.2) is 30.3 Å². The molecule has 2 amide bonds. The van der Waals surface area contributed by atoms with Crippen LogP contribution in [-0.4, -0.2) is 26.0 Å². The number of carbonyl (C=O) groups excluding carboxylic acids is 1. The zero-order valence-electron chi connectivity index (χ0n) is 10.3. The second kappa shape index (κ2) is 5.60. The van der Waals surface area contributed by atoms with Crippen molar-refractivity contribution in [2.45, 2.75) is 23.2 Å². The summed E-state index contributed by atoms with van der Waals surface area (Å²) in [5, 5.41) is 0.0956. The predicted molar refractivity (Wildman–Crippen MR) is 78.7 cm³/mol. The molecule has 1 saturated heterocycles. The molecule has 1 aromatic carbocycles. The van der Waals surface area contributed by atoms with Crippen molar-refractivity contribution in [1.29, 1.82) is 0 Å². The topological polar surface area (TPSA) is 26.8 Å². The van der Waals surface area contributed by atoms with Crippen LogP contribution in [0.2, 0.25) is 0 Å². The highest BCUT2D eigenvalue weighted by molar-refractivity contribution is 8.00. The van der Waals surface area contributed by atoms with Crippen molar-refractivity contribution in [3.8, 4) is 0 Å². The van der Waals surface area contributed by atoms with E-state index >= 15 is 0 Å². The van der Waals surface area contributed by atoms with E-state index in [4.69, 9.17) is 23.2 Å². The summed E-state index contributed by atoms with van der Waals surface area (Å²) in [6.45, 7) is 0. The van der Waals surface area contributed by atoms with Crippen LogP contribution in [-0.2, 0) is 0 Å². The van der Waals surface area contributed by atoms with Crippen molar-refractivity contribution < 1.29 is 9.28 Å². The zero-order chi connectivity index (χ0) is 14.3. The van der Waals surface area contributed by atoms with Crippen molar-refractivity contribution in [3.63, 3.8) is 0 Å². The number of alkyl halides is 2. The number of carbonyl (C=O) groups is 1. The number of para-hydroxylation sites is 1. The first kappa shape index (κ1) is 14.3. The van der Waals surface area contributed by atoms with Gasteiger partial charge < -0.3 is 0 Å². The SMILES string of the molecule is O=C1N(c2ccccc2)C(C2CC2)N(SC(Cl)Cl)N1F.